The summed E-state index contributed by atoms with van der Waals surface area (Å²) in [5.41, 5.74) is -1.60. The molecule has 27 heavy (non-hydrogen) atoms. The van der Waals surface area contributed by atoms with E-state index < -0.39 is 37.6 Å². The van der Waals surface area contributed by atoms with Gasteiger partial charge < -0.3 is 5.11 Å². The Morgan fingerprint density at radius 3 is 1.85 bits per heavy atom. The molecule has 2 aromatic rings. The lowest BCUT2D eigenvalue weighted by molar-refractivity contribution is -0.497. The number of pyridine rings is 1. The number of rotatable bonds is 5. The fourth-order valence-electron chi connectivity index (χ4n) is 1.78. The number of benzene rings is 1. The summed E-state index contributed by atoms with van der Waals surface area (Å²) in [6.07, 6.45) is 1.56. The van der Waals surface area contributed by atoms with Crippen molar-refractivity contribution in [3.63, 3.8) is 0 Å². The minimum atomic E-state index is -1.21. The molecule has 1 aromatic carbocycles. The zero-order valence-electron chi connectivity index (χ0n) is 13.5. The van der Waals surface area contributed by atoms with Gasteiger partial charge in [-0.1, -0.05) is 6.07 Å². The van der Waals surface area contributed by atoms with Crippen LogP contribution in [0.25, 0.3) is 0 Å². The van der Waals surface area contributed by atoms with E-state index >= 15 is 0 Å². The number of hydrogen-bond donors (Lipinski definition) is 1. The van der Waals surface area contributed by atoms with Gasteiger partial charge in [0.2, 0.25) is 6.54 Å². The van der Waals surface area contributed by atoms with Crippen LogP contribution >= 0.6 is 0 Å². The molecular weight excluding hydrogens is 370 g/mol. The summed E-state index contributed by atoms with van der Waals surface area (Å²) in [4.78, 5) is 41.4. The maximum atomic E-state index is 10.4. The molecule has 0 spiro atoms. The second-order valence-electron chi connectivity index (χ2n) is 4.86. The largest absolute Gasteiger partial charge is 0.497 e. The third-order valence-corrected chi connectivity index (χ3v) is 3.06. The zero-order valence-corrected chi connectivity index (χ0v) is 13.5. The van der Waals surface area contributed by atoms with Crippen LogP contribution in [0.15, 0.2) is 30.5 Å². The topological polar surface area (TPSA) is 206 Å². The van der Waals surface area contributed by atoms with Crippen molar-refractivity contribution in [2.75, 3.05) is 0 Å². The Morgan fingerprint density at radius 2 is 1.48 bits per heavy atom. The second-order valence-corrected chi connectivity index (χ2v) is 4.86. The summed E-state index contributed by atoms with van der Waals surface area (Å²) in [5, 5.41) is 50.3. The van der Waals surface area contributed by atoms with Crippen molar-refractivity contribution >= 4 is 17.1 Å². The third kappa shape index (κ3) is 5.66. The average Bonchev–Trinajstić information content (AvgIpc) is 2.56. The fourth-order valence-corrected chi connectivity index (χ4v) is 1.78. The van der Waals surface area contributed by atoms with Crippen LogP contribution in [0.4, 0.5) is 17.1 Å². The van der Waals surface area contributed by atoms with Crippen molar-refractivity contribution in [3.8, 4) is 5.75 Å². The molecule has 2 rings (SSSR count). The number of phenols is 1. The monoisotopic (exact) mass is 381 g/mol. The Balaban J connectivity index is 0.000000289. The lowest BCUT2D eigenvalue weighted by Gasteiger charge is -1.97. The van der Waals surface area contributed by atoms with E-state index in [4.69, 9.17) is 5.11 Å². The zero-order chi connectivity index (χ0) is 20.7. The van der Waals surface area contributed by atoms with Crippen LogP contribution < -0.4 is 0 Å². The average molecular weight is 381 g/mol. The first kappa shape index (κ1) is 20.8. The Bertz CT molecular complexity index is 880. The first-order valence-electron chi connectivity index (χ1n) is 6.87. The molecule has 14 nitrogen and oxygen atoms in total. The fraction of sp³-hybridized carbons (Fsp3) is 0.154. The minimum Gasteiger partial charge on any atom is -0.497 e. The number of aromatic nitrogens is 1. The van der Waals surface area contributed by atoms with E-state index in [2.05, 4.69) is 4.98 Å². The molecule has 0 fully saturated rings. The Morgan fingerprint density at radius 1 is 0.963 bits per heavy atom. The van der Waals surface area contributed by atoms with Gasteiger partial charge in [-0.05, 0) is 18.6 Å². The maximum Gasteiger partial charge on any atom is 0.324 e. The summed E-state index contributed by atoms with van der Waals surface area (Å²) in [6.45, 7) is 1.62. The highest BCUT2D eigenvalue weighted by Crippen LogP contribution is 2.38. The number of phenolic OH excluding ortho intramolecular Hbond substituents is 1. The normalized spacial score (nSPS) is 9.67. The molecule has 0 saturated heterocycles. The molecule has 0 atom stereocenters. The quantitative estimate of drug-likeness (QED) is 0.590. The summed E-state index contributed by atoms with van der Waals surface area (Å²) in [7, 11) is 0. The van der Waals surface area contributed by atoms with E-state index in [-0.39, 0.29) is 11.5 Å². The molecule has 142 valence electrons. The first-order chi connectivity index (χ1) is 12.5. The summed E-state index contributed by atoms with van der Waals surface area (Å²) in [5.74, 6) is -1.21. The van der Waals surface area contributed by atoms with Gasteiger partial charge in [0.05, 0.1) is 26.9 Å². The van der Waals surface area contributed by atoms with Gasteiger partial charge in [-0.25, -0.2) is 0 Å². The number of non-ortho nitro benzene ring substituents is 1. The number of hydrogen-bond acceptors (Lipinski definition) is 10. The number of nitrogens with zero attached hydrogens (tertiary/aromatic N) is 5. The Hall–Kier alpha value is -4.23. The number of nitro benzene ring substituents is 3. The van der Waals surface area contributed by atoms with Crippen molar-refractivity contribution in [3.05, 3.63) is 82.2 Å². The minimum absolute atomic E-state index is 0.188. The van der Waals surface area contributed by atoms with Crippen LogP contribution in [0.1, 0.15) is 11.3 Å². The van der Waals surface area contributed by atoms with E-state index in [0.717, 1.165) is 5.56 Å². The van der Waals surface area contributed by atoms with E-state index in [9.17, 15) is 40.5 Å². The SMILES string of the molecule is Cc1cccnc1C[N+](=O)[O-].O=[N+]([O-])c1cc([N+](=O)[O-])c(O)c([N+](=O)[O-])c1. The summed E-state index contributed by atoms with van der Waals surface area (Å²) in [6, 6.07) is 4.47. The van der Waals surface area contributed by atoms with E-state index in [1.165, 1.54) is 0 Å². The van der Waals surface area contributed by atoms with Gasteiger partial charge in [0.15, 0.2) is 0 Å². The molecule has 1 aromatic heterocycles. The van der Waals surface area contributed by atoms with Crippen molar-refractivity contribution in [1.29, 1.82) is 0 Å². The lowest BCUT2D eigenvalue weighted by Crippen LogP contribution is -2.02. The molecule has 1 heterocycles. The smallest absolute Gasteiger partial charge is 0.324 e. The highest BCUT2D eigenvalue weighted by Gasteiger charge is 2.30. The first-order valence-corrected chi connectivity index (χ1v) is 6.87. The molecule has 0 amide bonds. The molecule has 14 heteroatoms. The van der Waals surface area contributed by atoms with Crippen LogP contribution in [0, 0.1) is 47.4 Å². The second kappa shape index (κ2) is 8.75. The van der Waals surface area contributed by atoms with Gasteiger partial charge in [-0.2, -0.15) is 0 Å². The Kier molecular flexibility index (Phi) is 6.74. The standard InChI is InChI=1S/C7H8N2O2.C6H3N3O7/c1-6-3-2-4-8-7(6)5-9(10)11;10-6-4(8(13)14)1-3(7(11)12)2-5(6)9(15)16/h2-4H,5H2,1H3;1-2,10H. The molecule has 0 bridgehead atoms. The summed E-state index contributed by atoms with van der Waals surface area (Å²) >= 11 is 0. The van der Waals surface area contributed by atoms with Crippen molar-refractivity contribution in [1.82, 2.24) is 4.98 Å². The predicted octanol–water partition coefficient (Wildman–Crippen LogP) is 2.28. The summed E-state index contributed by atoms with van der Waals surface area (Å²) < 4.78 is 0. The number of aryl methyl sites for hydroxylation is 1. The van der Waals surface area contributed by atoms with Crippen LogP contribution in [0.3, 0.4) is 0 Å². The molecule has 0 unspecified atom stereocenters. The van der Waals surface area contributed by atoms with E-state index in [1.807, 2.05) is 13.0 Å². The molecule has 0 saturated carbocycles. The molecule has 0 aliphatic carbocycles. The highest BCUT2D eigenvalue weighted by atomic mass is 16.6. The van der Waals surface area contributed by atoms with Crippen LogP contribution in [0.5, 0.6) is 5.75 Å². The van der Waals surface area contributed by atoms with Gasteiger partial charge in [0.1, 0.15) is 5.69 Å². The molecule has 0 aliphatic heterocycles. The van der Waals surface area contributed by atoms with Gasteiger partial charge in [0, 0.05) is 11.1 Å². The van der Waals surface area contributed by atoms with Gasteiger partial charge in [-0.3, -0.25) is 45.4 Å². The van der Waals surface area contributed by atoms with Crippen LogP contribution in [-0.2, 0) is 6.54 Å². The van der Waals surface area contributed by atoms with E-state index in [1.54, 1.807) is 12.3 Å². The van der Waals surface area contributed by atoms with Gasteiger partial charge in [-0.15, -0.1) is 0 Å². The van der Waals surface area contributed by atoms with Crippen molar-refractivity contribution < 1.29 is 24.8 Å². The van der Waals surface area contributed by atoms with E-state index in [0.29, 0.717) is 17.8 Å². The third-order valence-electron chi connectivity index (χ3n) is 3.06. The Labute approximate surface area is 149 Å². The van der Waals surface area contributed by atoms with Gasteiger partial charge >= 0.3 is 11.4 Å². The maximum absolute atomic E-state index is 10.4. The van der Waals surface area contributed by atoms with Crippen molar-refractivity contribution in [2.45, 2.75) is 13.5 Å². The molecule has 0 aliphatic rings. The number of aromatic hydroxyl groups is 1. The number of nitro groups is 4. The highest BCUT2D eigenvalue weighted by molar-refractivity contribution is 5.64. The lowest BCUT2D eigenvalue weighted by atomic mass is 10.2. The molecule has 0 radical (unpaired) electrons. The molecule has 1 N–H and O–H groups in total. The molecular formula is C13H11N5O9. The van der Waals surface area contributed by atoms with Crippen molar-refractivity contribution in [2.24, 2.45) is 0 Å². The van der Waals surface area contributed by atoms with Crippen LogP contribution in [-0.4, -0.2) is 29.8 Å². The van der Waals surface area contributed by atoms with Crippen LogP contribution in [0.2, 0.25) is 0 Å². The van der Waals surface area contributed by atoms with Gasteiger partial charge in [0.25, 0.3) is 11.4 Å². The predicted molar refractivity (Wildman–Crippen MR) is 87.7 cm³/mol.